The Hall–Kier alpha value is -3.22. The van der Waals surface area contributed by atoms with Gasteiger partial charge >= 0.3 is 0 Å². The van der Waals surface area contributed by atoms with E-state index in [1.807, 2.05) is 0 Å². The summed E-state index contributed by atoms with van der Waals surface area (Å²) < 4.78 is 42.6. The van der Waals surface area contributed by atoms with E-state index in [2.05, 4.69) is 5.10 Å². The predicted octanol–water partition coefficient (Wildman–Crippen LogP) is 5.48. The van der Waals surface area contributed by atoms with Crippen molar-refractivity contribution >= 4 is 11.6 Å². The molecule has 1 fully saturated rings. The molecule has 1 aliphatic rings. The van der Waals surface area contributed by atoms with E-state index < -0.39 is 17.4 Å². The van der Waals surface area contributed by atoms with Gasteiger partial charge in [0, 0.05) is 18.5 Å². The SMILES string of the molecule is O=C(CC1CCC(C(=O)Cc2ccn(-c3ccccc3F)n2)CC1)c1cccc(F)c1F. The number of nitrogens with zero attached hydrogens (tertiary/aromatic N) is 2. The third-order valence-corrected chi connectivity index (χ3v) is 6.13. The van der Waals surface area contributed by atoms with E-state index in [1.54, 1.807) is 30.5 Å². The van der Waals surface area contributed by atoms with Crippen LogP contribution >= 0.6 is 0 Å². The Kier molecular flexibility index (Phi) is 6.53. The second-order valence-corrected chi connectivity index (χ2v) is 8.29. The quantitative estimate of drug-likeness (QED) is 0.457. The van der Waals surface area contributed by atoms with E-state index >= 15 is 0 Å². The summed E-state index contributed by atoms with van der Waals surface area (Å²) in [5, 5.41) is 4.32. The van der Waals surface area contributed by atoms with Gasteiger partial charge in [0.05, 0.1) is 17.7 Å². The Morgan fingerprint density at radius 2 is 1.62 bits per heavy atom. The zero-order valence-corrected chi connectivity index (χ0v) is 17.4. The summed E-state index contributed by atoms with van der Waals surface area (Å²) in [7, 11) is 0. The summed E-state index contributed by atoms with van der Waals surface area (Å²) in [6.07, 6.45) is 4.62. The van der Waals surface area contributed by atoms with E-state index in [1.165, 1.54) is 22.9 Å². The maximum absolute atomic E-state index is 13.9. The number of Topliss-reactive ketones (excluding diaryl/α,β-unsaturated/α-hetero) is 2. The fourth-order valence-corrected chi connectivity index (χ4v) is 4.33. The third kappa shape index (κ3) is 4.82. The average Bonchev–Trinajstić information content (AvgIpc) is 3.24. The van der Waals surface area contributed by atoms with Crippen LogP contribution < -0.4 is 0 Å². The van der Waals surface area contributed by atoms with Crippen LogP contribution in [0.2, 0.25) is 0 Å². The summed E-state index contributed by atoms with van der Waals surface area (Å²) in [6.45, 7) is 0. The molecule has 3 aromatic rings. The number of rotatable bonds is 7. The van der Waals surface area contributed by atoms with Crippen molar-refractivity contribution in [3.8, 4) is 5.69 Å². The monoisotopic (exact) mass is 440 g/mol. The van der Waals surface area contributed by atoms with Crippen molar-refractivity contribution in [3.05, 3.63) is 83.4 Å². The first-order valence-electron chi connectivity index (χ1n) is 10.7. The fourth-order valence-electron chi connectivity index (χ4n) is 4.33. The number of aromatic nitrogens is 2. The van der Waals surface area contributed by atoms with Gasteiger partial charge in [0.2, 0.25) is 0 Å². The van der Waals surface area contributed by atoms with Gasteiger partial charge in [0.1, 0.15) is 17.3 Å². The number of benzene rings is 2. The van der Waals surface area contributed by atoms with Crippen LogP contribution in [0.4, 0.5) is 13.2 Å². The van der Waals surface area contributed by atoms with Gasteiger partial charge in [-0.25, -0.2) is 17.9 Å². The molecule has 1 aromatic heterocycles. The van der Waals surface area contributed by atoms with Crippen LogP contribution in [0.25, 0.3) is 5.69 Å². The highest BCUT2D eigenvalue weighted by molar-refractivity contribution is 5.96. The lowest BCUT2D eigenvalue weighted by Gasteiger charge is -2.27. The summed E-state index contributed by atoms with van der Waals surface area (Å²) in [5.74, 6) is -2.92. The summed E-state index contributed by atoms with van der Waals surface area (Å²) in [4.78, 5) is 25.1. The number of halogens is 3. The molecule has 166 valence electrons. The number of hydrogen-bond donors (Lipinski definition) is 0. The van der Waals surface area contributed by atoms with Crippen molar-refractivity contribution in [2.24, 2.45) is 11.8 Å². The molecule has 0 radical (unpaired) electrons. The van der Waals surface area contributed by atoms with E-state index in [9.17, 15) is 22.8 Å². The van der Waals surface area contributed by atoms with Gasteiger partial charge in [0.15, 0.2) is 17.4 Å². The molecule has 0 unspecified atom stereocenters. The van der Waals surface area contributed by atoms with Crippen LogP contribution in [0.5, 0.6) is 0 Å². The highest BCUT2D eigenvalue weighted by atomic mass is 19.2. The van der Waals surface area contributed by atoms with E-state index in [0.717, 1.165) is 6.07 Å². The van der Waals surface area contributed by atoms with Crippen molar-refractivity contribution in [3.63, 3.8) is 0 Å². The summed E-state index contributed by atoms with van der Waals surface area (Å²) in [5.41, 5.74) is 0.692. The lowest BCUT2D eigenvalue weighted by molar-refractivity contribution is -0.123. The topological polar surface area (TPSA) is 52.0 Å². The highest BCUT2D eigenvalue weighted by Crippen LogP contribution is 2.33. The van der Waals surface area contributed by atoms with Gasteiger partial charge in [-0.3, -0.25) is 9.59 Å². The molecule has 4 nitrogen and oxygen atoms in total. The summed E-state index contributed by atoms with van der Waals surface area (Å²) >= 11 is 0. The normalized spacial score (nSPS) is 18.5. The first kappa shape index (κ1) is 22.0. The van der Waals surface area contributed by atoms with Crippen LogP contribution in [0.3, 0.4) is 0 Å². The summed E-state index contributed by atoms with van der Waals surface area (Å²) in [6, 6.07) is 11.6. The molecule has 0 spiro atoms. The molecule has 0 aliphatic heterocycles. The molecule has 1 aliphatic carbocycles. The zero-order valence-electron chi connectivity index (χ0n) is 17.4. The first-order valence-corrected chi connectivity index (χ1v) is 10.7. The third-order valence-electron chi connectivity index (χ3n) is 6.13. The lowest BCUT2D eigenvalue weighted by Crippen LogP contribution is -2.24. The van der Waals surface area contributed by atoms with Crippen LogP contribution in [-0.2, 0) is 11.2 Å². The van der Waals surface area contributed by atoms with Crippen molar-refractivity contribution in [2.45, 2.75) is 38.5 Å². The number of para-hydroxylation sites is 1. The number of hydrogen-bond acceptors (Lipinski definition) is 3. The Morgan fingerprint density at radius 3 is 2.38 bits per heavy atom. The van der Waals surface area contributed by atoms with Crippen molar-refractivity contribution in [2.75, 3.05) is 0 Å². The Bertz CT molecular complexity index is 1130. The molecule has 1 heterocycles. The minimum absolute atomic E-state index is 0.0504. The smallest absolute Gasteiger partial charge is 0.169 e. The second kappa shape index (κ2) is 9.51. The first-order chi connectivity index (χ1) is 15.4. The van der Waals surface area contributed by atoms with Crippen LogP contribution in [0.15, 0.2) is 54.7 Å². The molecule has 0 amide bonds. The maximum Gasteiger partial charge on any atom is 0.169 e. The van der Waals surface area contributed by atoms with Crippen LogP contribution in [0, 0.1) is 29.3 Å². The Morgan fingerprint density at radius 1 is 0.906 bits per heavy atom. The largest absolute Gasteiger partial charge is 0.299 e. The Balaban J connectivity index is 1.30. The molecule has 0 bridgehead atoms. The van der Waals surface area contributed by atoms with Crippen LogP contribution in [-0.4, -0.2) is 21.3 Å². The fraction of sp³-hybridized carbons (Fsp3) is 0.320. The average molecular weight is 440 g/mol. The molecule has 2 aromatic carbocycles. The zero-order chi connectivity index (χ0) is 22.7. The number of carbonyl (C=O) groups excluding carboxylic acids is 2. The van der Waals surface area contributed by atoms with Gasteiger partial charge in [-0.15, -0.1) is 0 Å². The van der Waals surface area contributed by atoms with Gasteiger partial charge in [-0.2, -0.15) is 5.10 Å². The van der Waals surface area contributed by atoms with E-state index in [-0.39, 0.29) is 41.8 Å². The standard InChI is InChI=1S/C25H23F3N2O2/c26-20-5-1-2-7-22(20)30-13-12-18(29-30)15-23(31)17-10-8-16(9-11-17)14-24(32)19-4-3-6-21(27)25(19)28/h1-7,12-13,16-17H,8-11,14-15H2. The van der Waals surface area contributed by atoms with Crippen molar-refractivity contribution in [1.29, 1.82) is 0 Å². The molecule has 7 heteroatoms. The van der Waals surface area contributed by atoms with Crippen LogP contribution in [0.1, 0.15) is 48.2 Å². The van der Waals surface area contributed by atoms with Crippen molar-refractivity contribution < 1.29 is 22.8 Å². The van der Waals surface area contributed by atoms with Crippen molar-refractivity contribution in [1.82, 2.24) is 9.78 Å². The minimum atomic E-state index is -1.10. The minimum Gasteiger partial charge on any atom is -0.299 e. The second-order valence-electron chi connectivity index (χ2n) is 8.29. The van der Waals surface area contributed by atoms with Gasteiger partial charge in [-0.1, -0.05) is 18.2 Å². The molecule has 32 heavy (non-hydrogen) atoms. The van der Waals surface area contributed by atoms with E-state index in [0.29, 0.717) is 37.1 Å². The molecule has 0 N–H and O–H groups in total. The van der Waals surface area contributed by atoms with Gasteiger partial charge in [0.25, 0.3) is 0 Å². The predicted molar refractivity (Wildman–Crippen MR) is 113 cm³/mol. The molecule has 1 saturated carbocycles. The van der Waals surface area contributed by atoms with Gasteiger partial charge in [-0.05, 0) is 61.9 Å². The lowest BCUT2D eigenvalue weighted by atomic mass is 9.77. The van der Waals surface area contributed by atoms with Gasteiger partial charge < -0.3 is 0 Å². The number of ketones is 2. The molecular formula is C25H23F3N2O2. The maximum atomic E-state index is 13.9. The molecule has 0 atom stereocenters. The Labute approximate surface area is 184 Å². The molecule has 4 rings (SSSR count). The highest BCUT2D eigenvalue weighted by Gasteiger charge is 2.28. The number of carbonyl (C=O) groups is 2. The molecular weight excluding hydrogens is 417 g/mol. The molecule has 0 saturated heterocycles. The van der Waals surface area contributed by atoms with E-state index in [4.69, 9.17) is 0 Å².